The molecule has 0 fully saturated rings. The number of halogens is 1. The van der Waals surface area contributed by atoms with Crippen LogP contribution in [0, 0.1) is 0 Å². The lowest BCUT2D eigenvalue weighted by atomic mass is 9.84. The van der Waals surface area contributed by atoms with E-state index in [1.165, 1.54) is 5.56 Å². The summed E-state index contributed by atoms with van der Waals surface area (Å²) in [6, 6.07) is 16.2. The zero-order chi connectivity index (χ0) is 17.7. The SMILES string of the molecule is COc1ccc(CN(CC(C)(C)c2ccccc2)[C](=O)[Al])cc1Br. The molecule has 0 aromatic heterocycles. The largest absolute Gasteiger partial charge is 0.496 e. The molecule has 2 aromatic carbocycles. The summed E-state index contributed by atoms with van der Waals surface area (Å²) in [5.41, 5.74) is 2.15. The molecular weight excluding hydrogens is 381 g/mol. The summed E-state index contributed by atoms with van der Waals surface area (Å²) >= 11 is 5.79. The van der Waals surface area contributed by atoms with Crippen LogP contribution < -0.4 is 4.74 Å². The van der Waals surface area contributed by atoms with Crippen molar-refractivity contribution in [2.45, 2.75) is 25.8 Å². The Morgan fingerprint density at radius 1 is 1.21 bits per heavy atom. The van der Waals surface area contributed by atoms with Crippen molar-refractivity contribution in [1.82, 2.24) is 4.90 Å². The monoisotopic (exact) mass is 401 g/mol. The van der Waals surface area contributed by atoms with Crippen molar-refractivity contribution in [3.8, 4) is 5.75 Å². The lowest BCUT2D eigenvalue weighted by Crippen LogP contribution is -2.40. The van der Waals surface area contributed by atoms with Crippen molar-refractivity contribution in [2.75, 3.05) is 13.7 Å². The molecule has 2 radical (unpaired) electrons. The molecule has 1 amide bonds. The van der Waals surface area contributed by atoms with Crippen LogP contribution in [0.1, 0.15) is 25.0 Å². The molecular formula is C19H21AlBrNO2. The van der Waals surface area contributed by atoms with Crippen LogP contribution in [-0.2, 0) is 12.0 Å². The van der Waals surface area contributed by atoms with E-state index in [4.69, 9.17) is 4.74 Å². The van der Waals surface area contributed by atoms with Gasteiger partial charge in [-0.2, -0.15) is 0 Å². The molecule has 0 heterocycles. The Morgan fingerprint density at radius 3 is 2.42 bits per heavy atom. The van der Waals surface area contributed by atoms with E-state index in [0.29, 0.717) is 13.1 Å². The van der Waals surface area contributed by atoms with Crippen molar-refractivity contribution in [2.24, 2.45) is 0 Å². The van der Waals surface area contributed by atoms with Gasteiger partial charge < -0.3 is 14.4 Å². The van der Waals surface area contributed by atoms with Gasteiger partial charge in [-0.15, -0.1) is 0 Å². The predicted molar refractivity (Wildman–Crippen MR) is 102 cm³/mol. The molecule has 5 heteroatoms. The second kappa shape index (κ2) is 8.20. The second-order valence-corrected chi connectivity index (χ2v) is 7.76. The first kappa shape index (κ1) is 19.1. The molecule has 0 N–H and O–H groups in total. The Balaban J connectivity index is 2.18. The van der Waals surface area contributed by atoms with E-state index >= 15 is 0 Å². The Hall–Kier alpha value is -1.28. The van der Waals surface area contributed by atoms with Gasteiger partial charge in [0, 0.05) is 18.5 Å². The Morgan fingerprint density at radius 2 is 1.88 bits per heavy atom. The summed E-state index contributed by atoms with van der Waals surface area (Å²) in [4.78, 5) is 14.0. The number of hydrogen-bond acceptors (Lipinski definition) is 2. The minimum Gasteiger partial charge on any atom is -0.496 e. The van der Waals surface area contributed by atoms with Gasteiger partial charge in [0.25, 0.3) is 16.3 Å². The molecule has 0 bridgehead atoms. The van der Waals surface area contributed by atoms with Crippen molar-refractivity contribution < 1.29 is 9.53 Å². The van der Waals surface area contributed by atoms with Gasteiger partial charge in [0.15, 0.2) is 0 Å². The number of carbonyl (C=O) groups is 1. The maximum absolute atomic E-state index is 12.1. The lowest BCUT2D eigenvalue weighted by Gasteiger charge is -2.33. The molecule has 0 aliphatic heterocycles. The lowest BCUT2D eigenvalue weighted by molar-refractivity contribution is 0.205. The van der Waals surface area contributed by atoms with Gasteiger partial charge in [-0.3, -0.25) is 0 Å². The smallest absolute Gasteiger partial charge is 0.281 e. The Kier molecular flexibility index (Phi) is 6.51. The summed E-state index contributed by atoms with van der Waals surface area (Å²) in [6.07, 6.45) is 0. The van der Waals surface area contributed by atoms with Gasteiger partial charge in [0.2, 0.25) is 0 Å². The first-order valence-corrected chi connectivity index (χ1v) is 9.13. The van der Waals surface area contributed by atoms with Crippen LogP contribution in [0.4, 0.5) is 4.79 Å². The van der Waals surface area contributed by atoms with E-state index in [9.17, 15) is 4.79 Å². The minimum absolute atomic E-state index is 0.00838. The standard InChI is InChI=1S/C19H21BrNO2.Al/c1-19(2,16-7-5-4-6-8-16)13-21(14-22)12-15-9-10-18(23-3)17(20)11-15;/h4-11H,12-13H2,1-3H3;. The highest BCUT2D eigenvalue weighted by atomic mass is 79.9. The zero-order valence-corrected chi connectivity index (χ0v) is 17.0. The fourth-order valence-corrected chi connectivity index (χ4v) is 3.47. The first-order valence-electron chi connectivity index (χ1n) is 7.76. The van der Waals surface area contributed by atoms with Gasteiger partial charge >= 0.3 is 0 Å². The Bertz CT molecular complexity index is 704. The maximum atomic E-state index is 12.1. The van der Waals surface area contributed by atoms with Crippen LogP contribution in [0.2, 0.25) is 0 Å². The average Bonchev–Trinajstić information content (AvgIpc) is 2.55. The van der Waals surface area contributed by atoms with Crippen molar-refractivity contribution in [1.29, 1.82) is 0 Å². The van der Waals surface area contributed by atoms with E-state index in [1.807, 2.05) is 41.3 Å². The summed E-state index contributed by atoms with van der Waals surface area (Å²) in [7, 11) is 1.64. The van der Waals surface area contributed by atoms with Gasteiger partial charge in [0.1, 0.15) is 5.75 Å². The van der Waals surface area contributed by atoms with Crippen molar-refractivity contribution in [3.05, 3.63) is 64.1 Å². The van der Waals surface area contributed by atoms with Crippen LogP contribution in [0.5, 0.6) is 5.75 Å². The highest BCUT2D eigenvalue weighted by molar-refractivity contribution is 9.10. The first-order chi connectivity index (χ1) is 11.3. The topological polar surface area (TPSA) is 29.5 Å². The third-order valence-corrected chi connectivity index (χ3v) is 5.03. The van der Waals surface area contributed by atoms with Crippen molar-refractivity contribution in [3.63, 3.8) is 0 Å². The van der Waals surface area contributed by atoms with Crippen LogP contribution in [0.15, 0.2) is 53.0 Å². The van der Waals surface area contributed by atoms with Gasteiger partial charge in [0.05, 0.1) is 16.4 Å². The molecule has 3 nitrogen and oxygen atoms in total. The second-order valence-electron chi connectivity index (χ2n) is 6.41. The molecule has 2 aromatic rings. The zero-order valence-electron chi connectivity index (χ0n) is 14.3. The number of benzene rings is 2. The average molecular weight is 402 g/mol. The number of amides is 1. The number of hydrogen-bond donors (Lipinski definition) is 0. The van der Waals surface area contributed by atoms with Crippen molar-refractivity contribution >= 4 is 37.0 Å². The van der Waals surface area contributed by atoms with Crippen LogP contribution in [-0.4, -0.2) is 39.6 Å². The molecule has 24 heavy (non-hydrogen) atoms. The highest BCUT2D eigenvalue weighted by Gasteiger charge is 2.24. The summed E-state index contributed by atoms with van der Waals surface area (Å²) in [5, 5.41) is 0. The molecule has 0 aliphatic rings. The summed E-state index contributed by atoms with van der Waals surface area (Å²) in [6.45, 7) is 5.52. The quantitative estimate of drug-likeness (QED) is 0.665. The Labute approximate surface area is 160 Å². The fourth-order valence-electron chi connectivity index (χ4n) is 2.70. The molecule has 0 aliphatic carbocycles. The third kappa shape index (κ3) is 4.86. The van der Waals surface area contributed by atoms with E-state index in [2.05, 4.69) is 58.2 Å². The van der Waals surface area contributed by atoms with E-state index < -0.39 is 0 Å². The van der Waals surface area contributed by atoms with E-state index in [0.717, 1.165) is 15.8 Å². The van der Waals surface area contributed by atoms with Crippen LogP contribution >= 0.6 is 15.9 Å². The number of rotatable bonds is 6. The van der Waals surface area contributed by atoms with Crippen LogP contribution in [0.3, 0.4) is 0 Å². The number of ether oxygens (including phenoxy) is 1. The molecule has 0 unspecified atom stereocenters. The number of carbonyl (C=O) groups excluding carboxylic acids is 1. The van der Waals surface area contributed by atoms with Gasteiger partial charge in [-0.1, -0.05) is 50.2 Å². The summed E-state index contributed by atoms with van der Waals surface area (Å²) < 4.78 is 6.14. The van der Waals surface area contributed by atoms with Crippen LogP contribution in [0.25, 0.3) is 0 Å². The maximum Gasteiger partial charge on any atom is 0.281 e. The molecule has 0 spiro atoms. The molecule has 2 rings (SSSR count). The summed E-state index contributed by atoms with van der Waals surface area (Å²) in [5.74, 6) is 0.784. The highest BCUT2D eigenvalue weighted by Crippen LogP contribution is 2.28. The number of methoxy groups -OCH3 is 1. The predicted octanol–water partition coefficient (Wildman–Crippen LogP) is 4.53. The van der Waals surface area contributed by atoms with Gasteiger partial charge in [-0.25, -0.2) is 0 Å². The van der Waals surface area contributed by atoms with E-state index in [-0.39, 0.29) is 10.2 Å². The fraction of sp³-hybridized carbons (Fsp3) is 0.316. The normalized spacial score (nSPS) is 11.2. The molecule has 0 atom stereocenters. The van der Waals surface area contributed by atoms with E-state index in [1.54, 1.807) is 7.11 Å². The molecule has 0 saturated carbocycles. The third-order valence-electron chi connectivity index (χ3n) is 4.04. The minimum atomic E-state index is -0.128. The molecule has 124 valence electrons. The van der Waals surface area contributed by atoms with Gasteiger partial charge in [-0.05, 0) is 39.2 Å². The number of nitrogens with zero attached hydrogens (tertiary/aromatic N) is 1. The molecule has 0 saturated heterocycles.